The number of benzene rings is 1. The van der Waals surface area contributed by atoms with Gasteiger partial charge < -0.3 is 14.0 Å². The Morgan fingerprint density at radius 2 is 1.95 bits per heavy atom. The molecule has 0 saturated heterocycles. The first-order valence-corrected chi connectivity index (χ1v) is 7.66. The minimum Gasteiger partial charge on any atom is -0.345 e. The van der Waals surface area contributed by atoms with Gasteiger partial charge in [0.25, 0.3) is 5.89 Å². The van der Waals surface area contributed by atoms with E-state index in [1.807, 2.05) is 13.8 Å². The molecule has 0 spiro atoms. The second-order valence-electron chi connectivity index (χ2n) is 4.01. The normalized spacial score (nSPS) is 11.2. The van der Waals surface area contributed by atoms with Crippen LogP contribution in [0.3, 0.4) is 0 Å². The SMILES string of the molecule is CCOC(OCC)c1nc(CSc2ccccc2F)no1. The van der Waals surface area contributed by atoms with E-state index in [2.05, 4.69) is 10.1 Å². The Bertz CT molecular complexity index is 559. The van der Waals surface area contributed by atoms with Gasteiger partial charge in [-0.15, -0.1) is 11.8 Å². The van der Waals surface area contributed by atoms with Crippen LogP contribution in [0.4, 0.5) is 4.39 Å². The molecule has 0 atom stereocenters. The molecule has 1 aromatic carbocycles. The summed E-state index contributed by atoms with van der Waals surface area (Å²) in [5.74, 6) is 0.910. The number of halogens is 1. The maximum absolute atomic E-state index is 13.5. The highest BCUT2D eigenvalue weighted by molar-refractivity contribution is 7.98. The lowest BCUT2D eigenvalue weighted by atomic mass is 10.3. The van der Waals surface area contributed by atoms with Crippen molar-refractivity contribution in [3.05, 3.63) is 41.8 Å². The van der Waals surface area contributed by atoms with Gasteiger partial charge >= 0.3 is 0 Å². The molecular weight excluding hydrogens is 295 g/mol. The average Bonchev–Trinajstić information content (AvgIpc) is 2.95. The third-order valence-corrected chi connectivity index (χ3v) is 3.56. The van der Waals surface area contributed by atoms with Crippen LogP contribution >= 0.6 is 11.8 Å². The zero-order valence-electron chi connectivity index (χ0n) is 11.9. The summed E-state index contributed by atoms with van der Waals surface area (Å²) in [6.45, 7) is 4.67. The van der Waals surface area contributed by atoms with Gasteiger partial charge in [-0.25, -0.2) is 4.39 Å². The Balaban J connectivity index is 1.98. The van der Waals surface area contributed by atoms with E-state index < -0.39 is 6.29 Å². The molecule has 0 unspecified atom stereocenters. The monoisotopic (exact) mass is 312 g/mol. The zero-order valence-corrected chi connectivity index (χ0v) is 12.7. The molecular formula is C14H17FN2O3S. The molecule has 0 aliphatic rings. The first kappa shape index (κ1) is 15.9. The highest BCUT2D eigenvalue weighted by atomic mass is 32.2. The third kappa shape index (κ3) is 4.52. The summed E-state index contributed by atoms with van der Waals surface area (Å²) in [6.07, 6.45) is -0.653. The Morgan fingerprint density at radius 1 is 1.24 bits per heavy atom. The van der Waals surface area contributed by atoms with Gasteiger partial charge in [0.1, 0.15) is 5.82 Å². The van der Waals surface area contributed by atoms with Crippen molar-refractivity contribution < 1.29 is 18.4 Å². The number of hydrogen-bond acceptors (Lipinski definition) is 6. The molecule has 2 rings (SSSR count). The van der Waals surface area contributed by atoms with Crippen LogP contribution in [-0.4, -0.2) is 23.4 Å². The Morgan fingerprint density at radius 3 is 2.62 bits per heavy atom. The molecule has 1 heterocycles. The maximum atomic E-state index is 13.5. The molecule has 0 fully saturated rings. The van der Waals surface area contributed by atoms with Crippen LogP contribution in [0.15, 0.2) is 33.7 Å². The van der Waals surface area contributed by atoms with Crippen LogP contribution in [0.2, 0.25) is 0 Å². The van der Waals surface area contributed by atoms with Gasteiger partial charge in [-0.2, -0.15) is 4.98 Å². The Kier molecular flexibility index (Phi) is 6.16. The van der Waals surface area contributed by atoms with Crippen molar-refractivity contribution in [1.82, 2.24) is 10.1 Å². The van der Waals surface area contributed by atoms with Crippen molar-refractivity contribution in [1.29, 1.82) is 0 Å². The number of nitrogens with zero attached hydrogens (tertiary/aromatic N) is 2. The summed E-state index contributed by atoms with van der Waals surface area (Å²) in [5, 5.41) is 3.86. The number of rotatable bonds is 8. The smallest absolute Gasteiger partial charge is 0.283 e. The minimum absolute atomic E-state index is 0.257. The number of ether oxygens (including phenoxy) is 2. The van der Waals surface area contributed by atoms with Crippen LogP contribution in [0.5, 0.6) is 0 Å². The predicted molar refractivity (Wildman–Crippen MR) is 76.3 cm³/mol. The van der Waals surface area contributed by atoms with Gasteiger partial charge in [-0.3, -0.25) is 0 Å². The fourth-order valence-corrected chi connectivity index (χ4v) is 2.40. The number of hydrogen-bond donors (Lipinski definition) is 0. The molecule has 0 aliphatic heterocycles. The van der Waals surface area contributed by atoms with E-state index in [9.17, 15) is 4.39 Å². The van der Waals surface area contributed by atoms with Crippen molar-refractivity contribution in [3.8, 4) is 0 Å². The van der Waals surface area contributed by atoms with Gasteiger partial charge in [0.05, 0.1) is 5.75 Å². The summed E-state index contributed by atoms with van der Waals surface area (Å²) in [4.78, 5) is 4.77. The van der Waals surface area contributed by atoms with Crippen LogP contribution in [0.25, 0.3) is 0 Å². The van der Waals surface area contributed by atoms with Gasteiger partial charge in [-0.1, -0.05) is 17.3 Å². The lowest BCUT2D eigenvalue weighted by Crippen LogP contribution is -2.09. The summed E-state index contributed by atoms with van der Waals surface area (Å²) >= 11 is 1.31. The fourth-order valence-electron chi connectivity index (χ4n) is 1.62. The molecule has 0 N–H and O–H groups in total. The quantitative estimate of drug-likeness (QED) is 0.548. The molecule has 21 heavy (non-hydrogen) atoms. The van der Waals surface area contributed by atoms with E-state index >= 15 is 0 Å². The minimum atomic E-state index is -0.653. The van der Waals surface area contributed by atoms with Crippen molar-refractivity contribution in [3.63, 3.8) is 0 Å². The predicted octanol–water partition coefficient (Wildman–Crippen LogP) is 3.57. The molecule has 0 radical (unpaired) electrons. The Hall–Kier alpha value is -1.44. The topological polar surface area (TPSA) is 57.4 Å². The number of aromatic nitrogens is 2. The van der Waals surface area contributed by atoms with Gasteiger partial charge in [0, 0.05) is 18.1 Å². The molecule has 0 bridgehead atoms. The molecule has 0 amide bonds. The van der Waals surface area contributed by atoms with Crippen molar-refractivity contribution in [2.75, 3.05) is 13.2 Å². The van der Waals surface area contributed by atoms with Crippen LogP contribution in [-0.2, 0) is 15.2 Å². The van der Waals surface area contributed by atoms with E-state index in [0.717, 1.165) is 0 Å². The van der Waals surface area contributed by atoms with E-state index in [-0.39, 0.29) is 11.7 Å². The summed E-state index contributed by atoms with van der Waals surface area (Å²) in [6, 6.07) is 6.57. The largest absolute Gasteiger partial charge is 0.345 e. The van der Waals surface area contributed by atoms with Crippen molar-refractivity contribution in [2.45, 2.75) is 30.8 Å². The van der Waals surface area contributed by atoms with Crippen LogP contribution in [0, 0.1) is 5.82 Å². The lowest BCUT2D eigenvalue weighted by Gasteiger charge is -2.11. The van der Waals surface area contributed by atoms with E-state index in [1.165, 1.54) is 17.8 Å². The maximum Gasteiger partial charge on any atom is 0.283 e. The molecule has 7 heteroatoms. The fraction of sp³-hybridized carbons (Fsp3) is 0.429. The number of thioether (sulfide) groups is 1. The van der Waals surface area contributed by atoms with Gasteiger partial charge in [-0.05, 0) is 26.0 Å². The first-order chi connectivity index (χ1) is 10.2. The third-order valence-electron chi connectivity index (χ3n) is 2.51. The second kappa shape index (κ2) is 8.11. The molecule has 0 aliphatic carbocycles. The van der Waals surface area contributed by atoms with E-state index in [4.69, 9.17) is 14.0 Å². The molecule has 114 valence electrons. The molecule has 0 saturated carbocycles. The van der Waals surface area contributed by atoms with Crippen molar-refractivity contribution in [2.24, 2.45) is 0 Å². The highest BCUT2D eigenvalue weighted by Gasteiger charge is 2.19. The average molecular weight is 312 g/mol. The molecule has 2 aromatic rings. The van der Waals surface area contributed by atoms with Crippen LogP contribution < -0.4 is 0 Å². The summed E-state index contributed by atoms with van der Waals surface area (Å²) in [7, 11) is 0. The summed E-state index contributed by atoms with van der Waals surface area (Å²) in [5.41, 5.74) is 0. The van der Waals surface area contributed by atoms with Gasteiger partial charge in [0.15, 0.2) is 5.82 Å². The molecule has 1 aromatic heterocycles. The van der Waals surface area contributed by atoms with E-state index in [1.54, 1.807) is 18.2 Å². The van der Waals surface area contributed by atoms with E-state index in [0.29, 0.717) is 29.7 Å². The Labute approximate surface area is 126 Å². The highest BCUT2D eigenvalue weighted by Crippen LogP contribution is 2.25. The van der Waals surface area contributed by atoms with Gasteiger partial charge in [0.2, 0.25) is 6.29 Å². The first-order valence-electron chi connectivity index (χ1n) is 6.67. The van der Waals surface area contributed by atoms with Crippen LogP contribution in [0.1, 0.15) is 31.9 Å². The molecule has 5 nitrogen and oxygen atoms in total. The second-order valence-corrected chi connectivity index (χ2v) is 5.03. The standard InChI is InChI=1S/C14H17FN2O3S/c1-3-18-14(19-4-2)13-16-12(17-20-13)9-21-11-8-6-5-7-10(11)15/h5-8,14H,3-4,9H2,1-2H3. The zero-order chi connectivity index (χ0) is 15.1. The van der Waals surface area contributed by atoms with Crippen molar-refractivity contribution >= 4 is 11.8 Å². The summed E-state index contributed by atoms with van der Waals surface area (Å²) < 4.78 is 29.4. The lowest BCUT2D eigenvalue weighted by molar-refractivity contribution is -0.155.